The minimum Gasteiger partial charge on any atom is -0.295 e. The average Bonchev–Trinajstić information content (AvgIpc) is 3.39. The smallest absolute Gasteiger partial charge is 0.232 e. The van der Waals surface area contributed by atoms with Crippen LogP contribution in [0.25, 0.3) is 27.3 Å². The molecule has 0 atom stereocenters. The largest absolute Gasteiger partial charge is 0.295 e. The summed E-state index contributed by atoms with van der Waals surface area (Å²) in [5.41, 5.74) is 4.36. The summed E-state index contributed by atoms with van der Waals surface area (Å²) in [4.78, 5) is 26.1. The number of benzene rings is 2. The molecule has 0 fully saturated rings. The van der Waals surface area contributed by atoms with Crippen LogP contribution in [-0.2, 0) is 11.2 Å². The first kappa shape index (κ1) is 18.2. The highest BCUT2D eigenvalue weighted by Crippen LogP contribution is 2.25. The number of fused-ring (bicyclic) bond motifs is 1. The SMILES string of the molecule is O=C(Cc1csc(-c2cccnc2)n1)Nc1nc2ccccc2n1-c1ccccc1. The molecule has 0 saturated heterocycles. The maximum Gasteiger partial charge on any atom is 0.232 e. The second kappa shape index (κ2) is 7.88. The molecule has 1 N–H and O–H groups in total. The summed E-state index contributed by atoms with van der Waals surface area (Å²) in [5, 5.41) is 5.72. The lowest BCUT2D eigenvalue weighted by Gasteiger charge is -2.09. The summed E-state index contributed by atoms with van der Waals surface area (Å²) in [5.74, 6) is 0.334. The number of imidazole rings is 1. The van der Waals surface area contributed by atoms with Crippen molar-refractivity contribution >= 4 is 34.2 Å². The zero-order valence-corrected chi connectivity index (χ0v) is 16.7. The van der Waals surface area contributed by atoms with Gasteiger partial charge in [0.2, 0.25) is 11.9 Å². The second-order valence-corrected chi connectivity index (χ2v) is 7.56. The van der Waals surface area contributed by atoms with E-state index in [0.717, 1.165) is 33.0 Å². The van der Waals surface area contributed by atoms with Gasteiger partial charge in [-0.1, -0.05) is 30.3 Å². The molecule has 0 aliphatic heterocycles. The van der Waals surface area contributed by atoms with Gasteiger partial charge in [-0.3, -0.25) is 19.7 Å². The van der Waals surface area contributed by atoms with Gasteiger partial charge >= 0.3 is 0 Å². The van der Waals surface area contributed by atoms with Crippen LogP contribution in [0, 0.1) is 0 Å². The Bertz CT molecular complexity index is 1310. The lowest BCUT2D eigenvalue weighted by molar-refractivity contribution is -0.115. The lowest BCUT2D eigenvalue weighted by Crippen LogP contribution is -2.17. The topological polar surface area (TPSA) is 72.7 Å². The van der Waals surface area contributed by atoms with Gasteiger partial charge in [-0.05, 0) is 36.4 Å². The highest BCUT2D eigenvalue weighted by molar-refractivity contribution is 7.13. The van der Waals surface area contributed by atoms with E-state index in [1.54, 1.807) is 12.4 Å². The van der Waals surface area contributed by atoms with Crippen LogP contribution in [0.4, 0.5) is 5.95 Å². The Morgan fingerprint density at radius 1 is 0.967 bits per heavy atom. The van der Waals surface area contributed by atoms with Crippen LogP contribution in [0.5, 0.6) is 0 Å². The van der Waals surface area contributed by atoms with Crippen molar-refractivity contribution in [1.29, 1.82) is 0 Å². The third-order valence-corrected chi connectivity index (χ3v) is 5.57. The molecule has 5 rings (SSSR count). The number of nitrogens with one attached hydrogen (secondary N) is 1. The Labute approximate surface area is 176 Å². The van der Waals surface area contributed by atoms with Crippen LogP contribution in [0.3, 0.4) is 0 Å². The number of hydrogen-bond donors (Lipinski definition) is 1. The molecule has 146 valence electrons. The van der Waals surface area contributed by atoms with Gasteiger partial charge in [0.25, 0.3) is 0 Å². The van der Waals surface area contributed by atoms with Crippen molar-refractivity contribution in [3.63, 3.8) is 0 Å². The van der Waals surface area contributed by atoms with Crippen LogP contribution in [-0.4, -0.2) is 25.4 Å². The number of carbonyl (C=O) groups is 1. The molecule has 0 aliphatic rings. The number of rotatable bonds is 5. The molecule has 30 heavy (non-hydrogen) atoms. The number of carbonyl (C=O) groups excluding carboxylic acids is 1. The molecule has 0 radical (unpaired) electrons. The van der Waals surface area contributed by atoms with Crippen LogP contribution in [0.1, 0.15) is 5.69 Å². The van der Waals surface area contributed by atoms with Crippen molar-refractivity contribution in [2.24, 2.45) is 0 Å². The van der Waals surface area contributed by atoms with Crippen LogP contribution in [0.2, 0.25) is 0 Å². The number of aromatic nitrogens is 4. The molecule has 0 unspecified atom stereocenters. The van der Waals surface area contributed by atoms with Gasteiger partial charge < -0.3 is 0 Å². The van der Waals surface area contributed by atoms with Gasteiger partial charge in [-0.15, -0.1) is 11.3 Å². The summed E-state index contributed by atoms with van der Waals surface area (Å²) in [6.07, 6.45) is 3.67. The number of pyridine rings is 1. The lowest BCUT2D eigenvalue weighted by atomic mass is 10.3. The number of thiazole rings is 1. The molecule has 5 aromatic rings. The molecule has 0 saturated carbocycles. The quantitative estimate of drug-likeness (QED) is 0.454. The molecule has 6 nitrogen and oxygen atoms in total. The summed E-state index contributed by atoms with van der Waals surface area (Å²) in [7, 11) is 0. The highest BCUT2D eigenvalue weighted by atomic mass is 32.1. The predicted octanol–water partition coefficient (Wildman–Crippen LogP) is 4.73. The molecule has 0 spiro atoms. The first-order chi connectivity index (χ1) is 14.8. The Morgan fingerprint density at radius 3 is 2.63 bits per heavy atom. The molecule has 2 aromatic carbocycles. The maximum absolute atomic E-state index is 12.8. The summed E-state index contributed by atoms with van der Waals surface area (Å²) >= 11 is 1.50. The second-order valence-electron chi connectivity index (χ2n) is 6.71. The minimum absolute atomic E-state index is 0.162. The van der Waals surface area contributed by atoms with E-state index in [-0.39, 0.29) is 12.3 Å². The summed E-state index contributed by atoms with van der Waals surface area (Å²) in [6, 6.07) is 21.5. The van der Waals surface area contributed by atoms with Gasteiger partial charge in [0.05, 0.1) is 23.1 Å². The first-order valence-electron chi connectivity index (χ1n) is 9.45. The van der Waals surface area contributed by atoms with Gasteiger partial charge in [0, 0.05) is 29.0 Å². The van der Waals surface area contributed by atoms with Crippen molar-refractivity contribution in [3.05, 3.63) is 90.2 Å². The third-order valence-electron chi connectivity index (χ3n) is 4.63. The van der Waals surface area contributed by atoms with Gasteiger partial charge in [0.1, 0.15) is 5.01 Å². The van der Waals surface area contributed by atoms with Gasteiger partial charge in [-0.25, -0.2) is 9.97 Å². The van der Waals surface area contributed by atoms with Crippen molar-refractivity contribution < 1.29 is 4.79 Å². The summed E-state index contributed by atoms with van der Waals surface area (Å²) in [6.45, 7) is 0. The Morgan fingerprint density at radius 2 is 1.80 bits per heavy atom. The van der Waals surface area contributed by atoms with Crippen molar-refractivity contribution in [2.45, 2.75) is 6.42 Å². The molecule has 3 heterocycles. The average molecular weight is 411 g/mol. The molecule has 0 aliphatic carbocycles. The highest BCUT2D eigenvalue weighted by Gasteiger charge is 2.16. The molecular formula is C23H17N5OS. The van der Waals surface area contributed by atoms with E-state index in [4.69, 9.17) is 0 Å². The normalized spacial score (nSPS) is 10.9. The van der Waals surface area contributed by atoms with Gasteiger partial charge in [-0.2, -0.15) is 0 Å². The standard InChI is InChI=1S/C23H17N5OS/c29-21(13-17-15-30-22(25-17)16-7-6-12-24-14-16)27-23-26-19-10-4-5-11-20(19)28(23)18-8-2-1-3-9-18/h1-12,14-15H,13H2,(H,26,27,29). The van der Waals surface area contributed by atoms with E-state index < -0.39 is 0 Å². The number of para-hydroxylation sites is 3. The number of nitrogens with zero attached hydrogens (tertiary/aromatic N) is 4. The molecule has 1 amide bonds. The van der Waals surface area contributed by atoms with E-state index in [1.165, 1.54) is 11.3 Å². The Kier molecular flexibility index (Phi) is 4.78. The zero-order chi connectivity index (χ0) is 20.3. The fraction of sp³-hybridized carbons (Fsp3) is 0.0435. The minimum atomic E-state index is -0.162. The monoisotopic (exact) mass is 411 g/mol. The molecule has 7 heteroatoms. The van der Waals surface area contributed by atoms with Crippen LogP contribution < -0.4 is 5.32 Å². The van der Waals surface area contributed by atoms with E-state index in [2.05, 4.69) is 20.3 Å². The number of hydrogen-bond acceptors (Lipinski definition) is 5. The van der Waals surface area contributed by atoms with Crippen molar-refractivity contribution in [2.75, 3.05) is 5.32 Å². The van der Waals surface area contributed by atoms with E-state index in [1.807, 2.05) is 76.7 Å². The van der Waals surface area contributed by atoms with Crippen molar-refractivity contribution in [3.8, 4) is 16.3 Å². The fourth-order valence-corrected chi connectivity index (χ4v) is 4.10. The Hall–Kier alpha value is -3.84. The maximum atomic E-state index is 12.8. The molecule has 0 bridgehead atoms. The van der Waals surface area contributed by atoms with E-state index in [9.17, 15) is 4.79 Å². The zero-order valence-electron chi connectivity index (χ0n) is 15.9. The van der Waals surface area contributed by atoms with Gasteiger partial charge in [0.15, 0.2) is 0 Å². The number of amides is 1. The predicted molar refractivity (Wildman–Crippen MR) is 119 cm³/mol. The van der Waals surface area contributed by atoms with E-state index >= 15 is 0 Å². The van der Waals surface area contributed by atoms with Crippen LogP contribution in [0.15, 0.2) is 84.5 Å². The van der Waals surface area contributed by atoms with E-state index in [0.29, 0.717) is 5.95 Å². The number of anilines is 1. The van der Waals surface area contributed by atoms with Crippen LogP contribution >= 0.6 is 11.3 Å². The molecular weight excluding hydrogens is 394 g/mol. The first-order valence-corrected chi connectivity index (χ1v) is 10.3. The summed E-state index contributed by atoms with van der Waals surface area (Å²) < 4.78 is 1.95. The fourth-order valence-electron chi connectivity index (χ4n) is 3.29. The third kappa shape index (κ3) is 3.58. The van der Waals surface area contributed by atoms with Crippen molar-refractivity contribution in [1.82, 2.24) is 19.5 Å². The Balaban J connectivity index is 1.41. The molecule has 3 aromatic heterocycles.